The van der Waals surface area contributed by atoms with Crippen LogP contribution in [0.15, 0.2) is 27.1 Å². The monoisotopic (exact) mass is 443 g/mol. The van der Waals surface area contributed by atoms with Gasteiger partial charge in [0, 0.05) is 41.2 Å². The van der Waals surface area contributed by atoms with E-state index in [1.165, 1.54) is 5.56 Å². The topological polar surface area (TPSA) is 39.1 Å². The summed E-state index contributed by atoms with van der Waals surface area (Å²) in [5.41, 5.74) is 1.19. The van der Waals surface area contributed by atoms with Gasteiger partial charge in [-0.05, 0) is 23.8 Å². The molecule has 20 heavy (non-hydrogen) atoms. The van der Waals surface area contributed by atoms with E-state index in [4.69, 9.17) is 5.26 Å². The Balaban J connectivity index is 0.00000180. The number of hydrogen-bond acceptors (Lipinski definition) is 3. The van der Waals surface area contributed by atoms with E-state index >= 15 is 0 Å². The van der Waals surface area contributed by atoms with Gasteiger partial charge in [0.15, 0.2) is 0 Å². The second-order valence-corrected chi connectivity index (χ2v) is 6.20. The molecule has 0 amide bonds. The molecule has 1 aromatic rings. The van der Waals surface area contributed by atoms with Gasteiger partial charge in [0.05, 0.1) is 12.5 Å². The predicted molar refractivity (Wildman–Crippen MR) is 93.8 cm³/mol. The minimum atomic E-state index is 0. The summed E-state index contributed by atoms with van der Waals surface area (Å²) in [5, 5.41) is 12.4. The van der Waals surface area contributed by atoms with E-state index < -0.39 is 0 Å². The Kier molecular flexibility index (Phi) is 10.1. The molecule has 0 radical (unpaired) electrons. The molecule has 0 aromatic heterocycles. The minimum absolute atomic E-state index is 0. The van der Waals surface area contributed by atoms with E-state index in [0.29, 0.717) is 6.42 Å². The van der Waals surface area contributed by atoms with Gasteiger partial charge in [0.2, 0.25) is 0 Å². The SMILES string of the molecule is Cl.Cl.N#CC[C@H](c1cc(Br)cc(Br)c1)N1CCNCC1. The highest BCUT2D eigenvalue weighted by Crippen LogP contribution is 2.29. The fraction of sp³-hybridized carbons (Fsp3) is 0.462. The number of hydrogen-bond donors (Lipinski definition) is 1. The first kappa shape index (κ1) is 20.2. The zero-order valence-electron chi connectivity index (χ0n) is 10.8. The molecule has 7 heteroatoms. The third-order valence-electron chi connectivity index (χ3n) is 3.15. The van der Waals surface area contributed by atoms with E-state index in [1.807, 2.05) is 6.07 Å². The molecular formula is C13H17Br2Cl2N3. The molecule has 0 spiro atoms. The number of halogens is 4. The van der Waals surface area contributed by atoms with Crippen LogP contribution in [0.25, 0.3) is 0 Å². The van der Waals surface area contributed by atoms with Crippen molar-refractivity contribution in [1.29, 1.82) is 5.26 Å². The zero-order chi connectivity index (χ0) is 13.0. The van der Waals surface area contributed by atoms with Crippen molar-refractivity contribution >= 4 is 56.7 Å². The van der Waals surface area contributed by atoms with Crippen molar-refractivity contribution in [2.24, 2.45) is 0 Å². The highest BCUT2D eigenvalue weighted by molar-refractivity contribution is 9.11. The molecule has 0 bridgehead atoms. The molecule has 1 saturated heterocycles. The van der Waals surface area contributed by atoms with Gasteiger partial charge in [-0.2, -0.15) is 5.26 Å². The average molecular weight is 446 g/mol. The molecule has 1 fully saturated rings. The first-order valence-electron chi connectivity index (χ1n) is 5.98. The van der Waals surface area contributed by atoms with Gasteiger partial charge in [0.1, 0.15) is 0 Å². The molecule has 2 rings (SSSR count). The molecule has 1 aromatic carbocycles. The number of rotatable bonds is 3. The van der Waals surface area contributed by atoms with Gasteiger partial charge in [-0.1, -0.05) is 31.9 Å². The highest BCUT2D eigenvalue weighted by Gasteiger charge is 2.22. The number of benzene rings is 1. The van der Waals surface area contributed by atoms with E-state index in [0.717, 1.165) is 35.1 Å². The van der Waals surface area contributed by atoms with Crippen LogP contribution in [-0.2, 0) is 0 Å². The Bertz CT molecular complexity index is 439. The second kappa shape index (κ2) is 9.99. The van der Waals surface area contributed by atoms with Crippen LogP contribution in [0.3, 0.4) is 0 Å². The number of nitrogens with zero attached hydrogens (tertiary/aromatic N) is 2. The van der Waals surface area contributed by atoms with Crippen LogP contribution >= 0.6 is 56.7 Å². The van der Waals surface area contributed by atoms with Gasteiger partial charge in [-0.25, -0.2) is 0 Å². The number of nitrogens with one attached hydrogen (secondary N) is 1. The summed E-state index contributed by atoms with van der Waals surface area (Å²) in [6, 6.07) is 8.73. The Morgan fingerprint density at radius 1 is 1.15 bits per heavy atom. The molecule has 1 aliphatic rings. The van der Waals surface area contributed by atoms with Crippen molar-refractivity contribution in [1.82, 2.24) is 10.2 Å². The van der Waals surface area contributed by atoms with Crippen molar-refractivity contribution in [3.8, 4) is 6.07 Å². The van der Waals surface area contributed by atoms with Crippen LogP contribution in [0, 0.1) is 11.3 Å². The van der Waals surface area contributed by atoms with Crippen molar-refractivity contribution in [2.45, 2.75) is 12.5 Å². The van der Waals surface area contributed by atoms with E-state index in [1.54, 1.807) is 0 Å². The molecule has 1 atom stereocenters. The number of nitriles is 1. The summed E-state index contributed by atoms with van der Waals surface area (Å²) in [5.74, 6) is 0. The van der Waals surface area contributed by atoms with E-state index in [9.17, 15) is 0 Å². The lowest BCUT2D eigenvalue weighted by molar-refractivity contribution is 0.175. The molecule has 1 N–H and O–H groups in total. The van der Waals surface area contributed by atoms with Gasteiger partial charge >= 0.3 is 0 Å². The van der Waals surface area contributed by atoms with Crippen molar-refractivity contribution < 1.29 is 0 Å². The van der Waals surface area contributed by atoms with E-state index in [-0.39, 0.29) is 30.9 Å². The van der Waals surface area contributed by atoms with Crippen LogP contribution in [0.4, 0.5) is 0 Å². The fourth-order valence-electron chi connectivity index (χ4n) is 2.31. The molecule has 0 saturated carbocycles. The van der Waals surface area contributed by atoms with Gasteiger partial charge < -0.3 is 5.32 Å². The van der Waals surface area contributed by atoms with Gasteiger partial charge in [0.25, 0.3) is 0 Å². The smallest absolute Gasteiger partial charge is 0.0641 e. The molecule has 0 unspecified atom stereocenters. The van der Waals surface area contributed by atoms with Crippen LogP contribution in [0.2, 0.25) is 0 Å². The maximum Gasteiger partial charge on any atom is 0.0641 e. The standard InChI is InChI=1S/C13H15Br2N3.2ClH/c14-11-7-10(8-12(15)9-11)13(1-2-16)18-5-3-17-4-6-18;;/h7-9,13,17H,1,3-6H2;2*1H/t13-;;/m1../s1. The van der Waals surface area contributed by atoms with Crippen molar-refractivity contribution in [3.05, 3.63) is 32.7 Å². The van der Waals surface area contributed by atoms with Crippen molar-refractivity contribution in [3.63, 3.8) is 0 Å². The van der Waals surface area contributed by atoms with Gasteiger partial charge in [-0.3, -0.25) is 4.90 Å². The first-order chi connectivity index (χ1) is 8.70. The second-order valence-electron chi connectivity index (χ2n) is 4.37. The predicted octanol–water partition coefficient (Wildman–Crippen LogP) is 3.92. The highest BCUT2D eigenvalue weighted by atomic mass is 79.9. The first-order valence-corrected chi connectivity index (χ1v) is 7.57. The van der Waals surface area contributed by atoms with Crippen LogP contribution in [0.5, 0.6) is 0 Å². The Labute approximate surface area is 149 Å². The normalized spacial score (nSPS) is 16.4. The Morgan fingerprint density at radius 3 is 2.20 bits per heavy atom. The number of piperazine rings is 1. The maximum atomic E-state index is 9.05. The molecule has 1 aliphatic heterocycles. The lowest BCUT2D eigenvalue weighted by Gasteiger charge is -2.34. The van der Waals surface area contributed by atoms with Crippen molar-refractivity contribution in [2.75, 3.05) is 26.2 Å². The largest absolute Gasteiger partial charge is 0.314 e. The lowest BCUT2D eigenvalue weighted by Crippen LogP contribution is -2.45. The molecule has 1 heterocycles. The third-order valence-corrected chi connectivity index (χ3v) is 4.06. The minimum Gasteiger partial charge on any atom is -0.314 e. The van der Waals surface area contributed by atoms with E-state index in [2.05, 4.69) is 60.3 Å². The lowest BCUT2D eigenvalue weighted by atomic mass is 10.0. The van der Waals surface area contributed by atoms with Gasteiger partial charge in [-0.15, -0.1) is 24.8 Å². The zero-order valence-corrected chi connectivity index (χ0v) is 15.6. The fourth-order valence-corrected chi connectivity index (χ4v) is 3.63. The quantitative estimate of drug-likeness (QED) is 0.766. The molecule has 112 valence electrons. The summed E-state index contributed by atoms with van der Waals surface area (Å²) < 4.78 is 2.09. The molecule has 0 aliphatic carbocycles. The van der Waals surface area contributed by atoms with Crippen LogP contribution in [-0.4, -0.2) is 31.1 Å². The summed E-state index contributed by atoms with van der Waals surface area (Å²) >= 11 is 7.03. The molecule has 3 nitrogen and oxygen atoms in total. The maximum absolute atomic E-state index is 9.05. The Morgan fingerprint density at radius 2 is 1.70 bits per heavy atom. The Hall–Kier alpha value is 0.170. The summed E-state index contributed by atoms with van der Waals surface area (Å²) in [7, 11) is 0. The average Bonchev–Trinajstić information content (AvgIpc) is 2.36. The summed E-state index contributed by atoms with van der Waals surface area (Å²) in [6.07, 6.45) is 0.531. The molecular weight excluding hydrogens is 429 g/mol. The summed E-state index contributed by atoms with van der Waals surface area (Å²) in [6.45, 7) is 3.99. The van der Waals surface area contributed by atoms with Crippen LogP contribution in [0.1, 0.15) is 18.0 Å². The summed E-state index contributed by atoms with van der Waals surface area (Å²) in [4.78, 5) is 2.38. The third kappa shape index (κ3) is 5.51. The van der Waals surface area contributed by atoms with Crippen LogP contribution < -0.4 is 5.32 Å².